The van der Waals surface area contributed by atoms with Gasteiger partial charge in [-0.05, 0) is 56.3 Å². The number of anilines is 2. The van der Waals surface area contributed by atoms with Gasteiger partial charge < -0.3 is 4.90 Å². The first-order valence-electron chi connectivity index (χ1n) is 10.1. The van der Waals surface area contributed by atoms with Crippen molar-refractivity contribution in [2.45, 2.75) is 24.8 Å². The lowest BCUT2D eigenvalue weighted by atomic mass is 10.1. The maximum atomic E-state index is 13.5. The standard InChI is InChI=1S/C25H25ClN2O3S/c1-4-17-27(24-16-9-8-15-23(24)26)32(30,31)22-14-10-11-20(18-22)25(29)28(19(2)3)21-12-6-5-7-13-21/h4-16,18-19H,1,17H2,2-3H3. The summed E-state index contributed by atoms with van der Waals surface area (Å²) >= 11 is 6.27. The normalized spacial score (nSPS) is 11.2. The van der Waals surface area contributed by atoms with Crippen LogP contribution in [0.2, 0.25) is 5.02 Å². The summed E-state index contributed by atoms with van der Waals surface area (Å²) in [4.78, 5) is 15.0. The number of hydrogen-bond donors (Lipinski definition) is 0. The van der Waals surface area contributed by atoms with Crippen molar-refractivity contribution in [3.8, 4) is 0 Å². The van der Waals surface area contributed by atoms with Gasteiger partial charge in [0.2, 0.25) is 0 Å². The fourth-order valence-electron chi connectivity index (χ4n) is 3.39. The summed E-state index contributed by atoms with van der Waals surface area (Å²) in [7, 11) is -4.00. The molecule has 0 bridgehead atoms. The highest BCUT2D eigenvalue weighted by Gasteiger charge is 2.28. The summed E-state index contributed by atoms with van der Waals surface area (Å²) in [5.41, 5.74) is 1.37. The highest BCUT2D eigenvalue weighted by Crippen LogP contribution is 2.31. The Morgan fingerprint density at radius 2 is 1.66 bits per heavy atom. The monoisotopic (exact) mass is 468 g/mol. The molecule has 3 aromatic rings. The third-order valence-corrected chi connectivity index (χ3v) is 6.95. The third kappa shape index (κ3) is 4.87. The molecule has 0 saturated carbocycles. The number of halogens is 1. The van der Waals surface area contributed by atoms with Gasteiger partial charge in [-0.2, -0.15) is 0 Å². The Kier molecular flexibility index (Phi) is 7.38. The van der Waals surface area contributed by atoms with E-state index in [2.05, 4.69) is 6.58 Å². The van der Waals surface area contributed by atoms with Crippen LogP contribution in [0.3, 0.4) is 0 Å². The molecule has 0 radical (unpaired) electrons. The first kappa shape index (κ1) is 23.6. The van der Waals surface area contributed by atoms with E-state index in [-0.39, 0.29) is 29.0 Å². The SMILES string of the molecule is C=CCN(c1ccccc1Cl)S(=O)(=O)c1cccc(C(=O)N(c2ccccc2)C(C)C)c1. The van der Waals surface area contributed by atoms with Gasteiger partial charge in [-0.1, -0.05) is 54.1 Å². The van der Waals surface area contributed by atoms with Crippen LogP contribution in [0.5, 0.6) is 0 Å². The minimum Gasteiger partial charge on any atom is -0.306 e. The molecule has 0 spiro atoms. The zero-order chi connectivity index (χ0) is 23.3. The van der Waals surface area contributed by atoms with Gasteiger partial charge >= 0.3 is 0 Å². The zero-order valence-electron chi connectivity index (χ0n) is 18.0. The number of nitrogens with zero attached hydrogens (tertiary/aromatic N) is 2. The molecule has 32 heavy (non-hydrogen) atoms. The van der Waals surface area contributed by atoms with Crippen LogP contribution in [0.4, 0.5) is 11.4 Å². The van der Waals surface area contributed by atoms with E-state index in [4.69, 9.17) is 11.6 Å². The molecule has 166 valence electrons. The van der Waals surface area contributed by atoms with E-state index in [1.54, 1.807) is 41.3 Å². The molecular formula is C25H25ClN2O3S. The molecule has 0 unspecified atom stereocenters. The Bertz CT molecular complexity index is 1210. The van der Waals surface area contributed by atoms with E-state index in [9.17, 15) is 13.2 Å². The average Bonchev–Trinajstić information content (AvgIpc) is 2.78. The quantitative estimate of drug-likeness (QED) is 0.394. The maximum absolute atomic E-state index is 13.5. The number of rotatable bonds is 8. The molecule has 0 atom stereocenters. The molecular weight excluding hydrogens is 444 g/mol. The van der Waals surface area contributed by atoms with Gasteiger partial charge in [-0.25, -0.2) is 8.42 Å². The molecule has 0 fully saturated rings. The molecule has 0 aromatic heterocycles. The molecule has 0 aliphatic carbocycles. The number of carbonyl (C=O) groups excluding carboxylic acids is 1. The van der Waals surface area contributed by atoms with Crippen LogP contribution in [0.1, 0.15) is 24.2 Å². The number of hydrogen-bond acceptors (Lipinski definition) is 3. The van der Waals surface area contributed by atoms with Crippen LogP contribution < -0.4 is 9.21 Å². The van der Waals surface area contributed by atoms with Gasteiger partial charge in [-0.3, -0.25) is 9.10 Å². The van der Waals surface area contributed by atoms with Crippen molar-refractivity contribution >= 4 is 38.9 Å². The van der Waals surface area contributed by atoms with Crippen LogP contribution in [-0.4, -0.2) is 26.9 Å². The Morgan fingerprint density at radius 1 is 1.00 bits per heavy atom. The van der Waals surface area contributed by atoms with Crippen molar-refractivity contribution in [2.75, 3.05) is 15.7 Å². The van der Waals surface area contributed by atoms with Crippen molar-refractivity contribution in [2.24, 2.45) is 0 Å². The van der Waals surface area contributed by atoms with Crippen molar-refractivity contribution in [1.29, 1.82) is 0 Å². The highest BCUT2D eigenvalue weighted by molar-refractivity contribution is 7.92. The van der Waals surface area contributed by atoms with Crippen LogP contribution in [0.25, 0.3) is 0 Å². The van der Waals surface area contributed by atoms with E-state index in [1.165, 1.54) is 22.5 Å². The molecule has 3 rings (SSSR count). The van der Waals surface area contributed by atoms with Crippen LogP contribution in [0, 0.1) is 0 Å². The Labute approximate surface area is 194 Å². The lowest BCUT2D eigenvalue weighted by molar-refractivity contribution is 0.0980. The second kappa shape index (κ2) is 10.0. The fourth-order valence-corrected chi connectivity index (χ4v) is 5.18. The molecule has 1 amide bonds. The second-order valence-electron chi connectivity index (χ2n) is 7.41. The smallest absolute Gasteiger partial charge is 0.264 e. The van der Waals surface area contributed by atoms with Crippen molar-refractivity contribution in [1.82, 2.24) is 0 Å². The molecule has 5 nitrogen and oxygen atoms in total. The lowest BCUT2D eigenvalue weighted by Crippen LogP contribution is -2.37. The molecule has 7 heteroatoms. The lowest BCUT2D eigenvalue weighted by Gasteiger charge is -2.27. The number of amides is 1. The summed E-state index contributed by atoms with van der Waals surface area (Å²) in [6.07, 6.45) is 1.49. The highest BCUT2D eigenvalue weighted by atomic mass is 35.5. The molecule has 3 aromatic carbocycles. The third-order valence-electron chi connectivity index (χ3n) is 4.85. The predicted molar refractivity (Wildman–Crippen MR) is 131 cm³/mol. The topological polar surface area (TPSA) is 57.7 Å². The van der Waals surface area contributed by atoms with E-state index in [0.29, 0.717) is 10.7 Å². The molecule has 0 saturated heterocycles. The second-order valence-corrected chi connectivity index (χ2v) is 9.68. The van der Waals surface area contributed by atoms with Crippen molar-refractivity contribution in [3.63, 3.8) is 0 Å². The minimum absolute atomic E-state index is 0.00175. The Morgan fingerprint density at radius 3 is 2.28 bits per heavy atom. The van der Waals surface area contributed by atoms with Gasteiger partial charge in [0.1, 0.15) is 0 Å². The van der Waals surface area contributed by atoms with Gasteiger partial charge in [0.05, 0.1) is 22.2 Å². The number of benzene rings is 3. The zero-order valence-corrected chi connectivity index (χ0v) is 19.6. The van der Waals surface area contributed by atoms with Crippen LogP contribution in [-0.2, 0) is 10.0 Å². The molecule has 0 N–H and O–H groups in total. The number of carbonyl (C=O) groups is 1. The molecule has 0 aliphatic heterocycles. The maximum Gasteiger partial charge on any atom is 0.264 e. The van der Waals surface area contributed by atoms with Gasteiger partial charge in [0.25, 0.3) is 15.9 Å². The van der Waals surface area contributed by atoms with Crippen molar-refractivity contribution in [3.05, 3.63) is 102 Å². The summed E-state index contributed by atoms with van der Waals surface area (Å²) in [5.74, 6) is -0.281. The number of sulfonamides is 1. The van der Waals surface area contributed by atoms with E-state index in [0.717, 1.165) is 5.69 Å². The van der Waals surface area contributed by atoms with Crippen LogP contribution in [0.15, 0.2) is 96.4 Å². The van der Waals surface area contributed by atoms with Gasteiger partial charge in [0, 0.05) is 17.3 Å². The van der Waals surface area contributed by atoms with Crippen molar-refractivity contribution < 1.29 is 13.2 Å². The predicted octanol–water partition coefficient (Wildman–Crippen LogP) is 5.78. The average molecular weight is 469 g/mol. The minimum atomic E-state index is -4.00. The first-order chi connectivity index (χ1) is 15.3. The largest absolute Gasteiger partial charge is 0.306 e. The van der Waals surface area contributed by atoms with E-state index < -0.39 is 10.0 Å². The van der Waals surface area contributed by atoms with Gasteiger partial charge in [0.15, 0.2) is 0 Å². The Balaban J connectivity index is 2.04. The summed E-state index contributed by atoms with van der Waals surface area (Å²) < 4.78 is 28.2. The number of para-hydroxylation sites is 2. The summed E-state index contributed by atoms with van der Waals surface area (Å²) in [5, 5.41) is 0.306. The van der Waals surface area contributed by atoms with Crippen LogP contribution >= 0.6 is 11.6 Å². The van der Waals surface area contributed by atoms with Gasteiger partial charge in [-0.15, -0.1) is 6.58 Å². The molecule has 0 aliphatic rings. The summed E-state index contributed by atoms with van der Waals surface area (Å²) in [6, 6.07) is 21.9. The fraction of sp³-hybridized carbons (Fsp3) is 0.160. The van der Waals surface area contributed by atoms with E-state index >= 15 is 0 Å². The molecule has 0 heterocycles. The Hall–Kier alpha value is -3.09. The summed E-state index contributed by atoms with van der Waals surface area (Å²) in [6.45, 7) is 7.53. The first-order valence-corrected chi connectivity index (χ1v) is 12.0. The van der Waals surface area contributed by atoms with E-state index in [1.807, 2.05) is 44.2 Å².